The standard InChI is InChI=1S/C9H16O5/c1-3-13-9(11)4-5-12-6-7-14-8(2)10/h3-7H2,1-2H3. The minimum Gasteiger partial charge on any atom is -0.466 e. The van der Waals surface area contributed by atoms with E-state index in [9.17, 15) is 9.59 Å². The Hall–Kier alpha value is -1.10. The van der Waals surface area contributed by atoms with Crippen molar-refractivity contribution < 1.29 is 23.8 Å². The molecule has 0 atom stereocenters. The number of rotatable bonds is 7. The van der Waals surface area contributed by atoms with Gasteiger partial charge in [-0.25, -0.2) is 0 Å². The lowest BCUT2D eigenvalue weighted by molar-refractivity contribution is -0.146. The van der Waals surface area contributed by atoms with Crippen LogP contribution in [0.4, 0.5) is 0 Å². The Morgan fingerprint density at radius 3 is 2.36 bits per heavy atom. The van der Waals surface area contributed by atoms with Gasteiger partial charge in [-0.1, -0.05) is 0 Å². The molecule has 0 aromatic carbocycles. The van der Waals surface area contributed by atoms with Gasteiger partial charge in [-0.2, -0.15) is 0 Å². The lowest BCUT2D eigenvalue weighted by atomic mass is 10.5. The predicted octanol–water partition coefficient (Wildman–Crippen LogP) is 0.519. The summed E-state index contributed by atoms with van der Waals surface area (Å²) in [5, 5.41) is 0. The summed E-state index contributed by atoms with van der Waals surface area (Å²) in [7, 11) is 0. The zero-order valence-corrected chi connectivity index (χ0v) is 8.58. The zero-order valence-electron chi connectivity index (χ0n) is 8.58. The number of hydrogen-bond donors (Lipinski definition) is 0. The summed E-state index contributed by atoms with van der Waals surface area (Å²) in [6, 6.07) is 0. The summed E-state index contributed by atoms with van der Waals surface area (Å²) < 4.78 is 14.3. The SMILES string of the molecule is CCOC(=O)CCOCCOC(C)=O. The lowest BCUT2D eigenvalue weighted by Crippen LogP contribution is -2.11. The highest BCUT2D eigenvalue weighted by molar-refractivity contribution is 5.69. The first kappa shape index (κ1) is 12.9. The summed E-state index contributed by atoms with van der Waals surface area (Å²) in [5.74, 6) is -0.612. The van der Waals surface area contributed by atoms with Gasteiger partial charge >= 0.3 is 11.9 Å². The van der Waals surface area contributed by atoms with Crippen molar-refractivity contribution in [2.45, 2.75) is 20.3 Å². The van der Waals surface area contributed by atoms with Crippen LogP contribution < -0.4 is 0 Å². The molecular formula is C9H16O5. The van der Waals surface area contributed by atoms with Crippen molar-refractivity contribution in [3.8, 4) is 0 Å². The second-order valence-corrected chi connectivity index (χ2v) is 2.51. The van der Waals surface area contributed by atoms with E-state index < -0.39 is 0 Å². The van der Waals surface area contributed by atoms with Crippen LogP contribution in [0.2, 0.25) is 0 Å². The normalized spacial score (nSPS) is 9.57. The minimum absolute atomic E-state index is 0.220. The van der Waals surface area contributed by atoms with Crippen LogP contribution in [-0.4, -0.2) is 38.4 Å². The lowest BCUT2D eigenvalue weighted by Gasteiger charge is -2.04. The molecule has 5 nitrogen and oxygen atoms in total. The molecule has 5 heteroatoms. The Bertz CT molecular complexity index is 178. The Morgan fingerprint density at radius 1 is 1.07 bits per heavy atom. The molecule has 0 heterocycles. The topological polar surface area (TPSA) is 61.8 Å². The van der Waals surface area contributed by atoms with Gasteiger partial charge in [-0.05, 0) is 6.92 Å². The van der Waals surface area contributed by atoms with Crippen LogP contribution in [0.3, 0.4) is 0 Å². The van der Waals surface area contributed by atoms with Gasteiger partial charge in [0.2, 0.25) is 0 Å². The monoisotopic (exact) mass is 204 g/mol. The molecule has 0 aromatic rings. The van der Waals surface area contributed by atoms with Gasteiger partial charge in [-0.15, -0.1) is 0 Å². The van der Waals surface area contributed by atoms with E-state index >= 15 is 0 Å². The van der Waals surface area contributed by atoms with Crippen molar-refractivity contribution in [3.05, 3.63) is 0 Å². The van der Waals surface area contributed by atoms with Gasteiger partial charge in [0, 0.05) is 6.92 Å². The van der Waals surface area contributed by atoms with Crippen LogP contribution in [0.1, 0.15) is 20.3 Å². The summed E-state index contributed by atoms with van der Waals surface area (Å²) >= 11 is 0. The first-order chi connectivity index (χ1) is 6.66. The minimum atomic E-state index is -0.334. The van der Waals surface area contributed by atoms with Crippen LogP contribution in [-0.2, 0) is 23.8 Å². The molecule has 0 unspecified atom stereocenters. The molecule has 0 aromatic heterocycles. The number of carbonyl (C=O) groups is 2. The van der Waals surface area contributed by atoms with E-state index in [1.807, 2.05) is 0 Å². The second-order valence-electron chi connectivity index (χ2n) is 2.51. The molecular weight excluding hydrogens is 188 g/mol. The third kappa shape index (κ3) is 8.99. The van der Waals surface area contributed by atoms with E-state index in [1.54, 1.807) is 6.92 Å². The van der Waals surface area contributed by atoms with Crippen molar-refractivity contribution in [3.63, 3.8) is 0 Å². The van der Waals surface area contributed by atoms with Gasteiger partial charge in [-0.3, -0.25) is 9.59 Å². The molecule has 14 heavy (non-hydrogen) atoms. The van der Waals surface area contributed by atoms with E-state index in [0.29, 0.717) is 19.8 Å². The first-order valence-corrected chi connectivity index (χ1v) is 4.53. The van der Waals surface area contributed by atoms with Crippen molar-refractivity contribution in [1.29, 1.82) is 0 Å². The third-order valence-electron chi connectivity index (χ3n) is 1.29. The van der Waals surface area contributed by atoms with Crippen molar-refractivity contribution >= 4 is 11.9 Å². The summed E-state index contributed by atoms with van der Waals surface area (Å²) in [6.45, 7) is 4.28. The molecule has 0 rings (SSSR count). The number of esters is 2. The number of carbonyl (C=O) groups excluding carboxylic acids is 2. The highest BCUT2D eigenvalue weighted by atomic mass is 16.6. The summed E-state index contributed by atoms with van der Waals surface area (Å²) in [5.41, 5.74) is 0. The van der Waals surface area contributed by atoms with Gasteiger partial charge in [0.1, 0.15) is 6.61 Å². The zero-order chi connectivity index (χ0) is 10.8. The molecule has 0 spiro atoms. The highest BCUT2D eigenvalue weighted by Gasteiger charge is 2.00. The molecule has 0 N–H and O–H groups in total. The van der Waals surface area contributed by atoms with Crippen LogP contribution in [0.15, 0.2) is 0 Å². The molecule has 82 valence electrons. The van der Waals surface area contributed by atoms with Gasteiger partial charge in [0.05, 0.1) is 26.2 Å². The van der Waals surface area contributed by atoms with E-state index in [-0.39, 0.29) is 25.0 Å². The van der Waals surface area contributed by atoms with Crippen LogP contribution in [0.5, 0.6) is 0 Å². The fourth-order valence-corrected chi connectivity index (χ4v) is 0.735. The molecule has 0 saturated carbocycles. The molecule has 0 saturated heterocycles. The molecule has 0 amide bonds. The average Bonchev–Trinajstić information content (AvgIpc) is 2.11. The second kappa shape index (κ2) is 8.50. The predicted molar refractivity (Wildman–Crippen MR) is 48.7 cm³/mol. The Balaban J connectivity index is 3.13. The Kier molecular flexibility index (Phi) is 7.83. The fraction of sp³-hybridized carbons (Fsp3) is 0.778. The molecule has 0 aliphatic rings. The van der Waals surface area contributed by atoms with Crippen LogP contribution in [0, 0.1) is 0 Å². The van der Waals surface area contributed by atoms with Crippen molar-refractivity contribution in [2.24, 2.45) is 0 Å². The largest absolute Gasteiger partial charge is 0.466 e. The summed E-state index contributed by atoms with van der Waals surface area (Å²) in [6.07, 6.45) is 0.230. The van der Waals surface area contributed by atoms with E-state index in [4.69, 9.17) is 4.74 Å². The number of hydrogen-bond acceptors (Lipinski definition) is 5. The maximum Gasteiger partial charge on any atom is 0.308 e. The fourth-order valence-electron chi connectivity index (χ4n) is 0.735. The molecule has 0 radical (unpaired) electrons. The highest BCUT2D eigenvalue weighted by Crippen LogP contribution is 1.88. The molecule has 0 aliphatic heterocycles. The van der Waals surface area contributed by atoms with E-state index in [1.165, 1.54) is 6.92 Å². The molecule has 0 bridgehead atoms. The van der Waals surface area contributed by atoms with E-state index in [2.05, 4.69) is 9.47 Å². The van der Waals surface area contributed by atoms with Crippen molar-refractivity contribution in [1.82, 2.24) is 0 Å². The smallest absolute Gasteiger partial charge is 0.308 e. The van der Waals surface area contributed by atoms with Gasteiger partial charge < -0.3 is 14.2 Å². The average molecular weight is 204 g/mol. The maximum atomic E-state index is 10.8. The Morgan fingerprint density at radius 2 is 1.79 bits per heavy atom. The van der Waals surface area contributed by atoms with Gasteiger partial charge in [0.25, 0.3) is 0 Å². The summed E-state index contributed by atoms with van der Waals surface area (Å²) in [4.78, 5) is 21.1. The molecule has 0 aliphatic carbocycles. The number of ether oxygens (including phenoxy) is 3. The quantitative estimate of drug-likeness (QED) is 0.447. The third-order valence-corrected chi connectivity index (χ3v) is 1.29. The van der Waals surface area contributed by atoms with E-state index in [0.717, 1.165) is 0 Å². The van der Waals surface area contributed by atoms with Crippen LogP contribution in [0.25, 0.3) is 0 Å². The Labute approximate surface area is 83.3 Å². The van der Waals surface area contributed by atoms with Crippen molar-refractivity contribution in [2.75, 3.05) is 26.4 Å². The molecule has 0 fully saturated rings. The first-order valence-electron chi connectivity index (χ1n) is 4.53. The van der Waals surface area contributed by atoms with Gasteiger partial charge in [0.15, 0.2) is 0 Å². The van der Waals surface area contributed by atoms with Crippen LogP contribution >= 0.6 is 0 Å². The maximum absolute atomic E-state index is 10.8.